The molecule has 6 heteroatoms. The number of anilines is 1. The second kappa shape index (κ2) is 5.83. The summed E-state index contributed by atoms with van der Waals surface area (Å²) in [7, 11) is 0. The van der Waals surface area contributed by atoms with Gasteiger partial charge in [0.2, 0.25) is 0 Å². The second-order valence-corrected chi connectivity index (χ2v) is 3.66. The van der Waals surface area contributed by atoms with E-state index in [1.54, 1.807) is 13.0 Å². The highest BCUT2D eigenvalue weighted by Gasteiger charge is 2.15. The molecule has 1 rings (SSSR count). The van der Waals surface area contributed by atoms with Crippen LogP contribution in [-0.4, -0.2) is 17.5 Å². The molecular weight excluding hydrogens is 222 g/mol. The van der Waals surface area contributed by atoms with E-state index in [4.69, 9.17) is 0 Å². The molecule has 0 fully saturated rings. The van der Waals surface area contributed by atoms with Gasteiger partial charge in [0.25, 0.3) is 5.69 Å². The number of urea groups is 1. The first-order valence-electron chi connectivity index (χ1n) is 5.34. The van der Waals surface area contributed by atoms with Gasteiger partial charge in [0, 0.05) is 12.6 Å². The van der Waals surface area contributed by atoms with Gasteiger partial charge < -0.3 is 10.6 Å². The molecule has 2 N–H and O–H groups in total. The molecule has 0 aliphatic heterocycles. The highest BCUT2D eigenvalue weighted by Crippen LogP contribution is 2.24. The maximum absolute atomic E-state index is 11.4. The number of aryl methyl sites for hydroxylation is 1. The van der Waals surface area contributed by atoms with E-state index in [0.717, 1.165) is 12.0 Å². The number of hydrogen-bond acceptors (Lipinski definition) is 3. The first-order chi connectivity index (χ1) is 8.04. The second-order valence-electron chi connectivity index (χ2n) is 3.66. The number of carbonyl (C=O) groups is 1. The highest BCUT2D eigenvalue weighted by atomic mass is 16.6. The lowest BCUT2D eigenvalue weighted by molar-refractivity contribution is -0.384. The number of carbonyl (C=O) groups excluding carboxylic acids is 1. The number of nitro benzene ring substituents is 1. The Morgan fingerprint density at radius 3 is 2.76 bits per heavy atom. The van der Waals surface area contributed by atoms with Crippen LogP contribution in [0.5, 0.6) is 0 Å². The van der Waals surface area contributed by atoms with Crippen molar-refractivity contribution in [1.29, 1.82) is 0 Å². The minimum Gasteiger partial charge on any atom is -0.338 e. The van der Waals surface area contributed by atoms with Gasteiger partial charge in [0.15, 0.2) is 0 Å². The van der Waals surface area contributed by atoms with Crippen LogP contribution in [0, 0.1) is 17.0 Å². The SMILES string of the molecule is CCCNC(=O)Nc1ccc(C)cc1[N+](=O)[O-]. The molecule has 0 unspecified atom stereocenters. The van der Waals surface area contributed by atoms with Crippen molar-refractivity contribution in [3.8, 4) is 0 Å². The molecule has 1 aromatic carbocycles. The first kappa shape index (κ1) is 13.0. The summed E-state index contributed by atoms with van der Waals surface area (Å²) in [6, 6.07) is 4.23. The van der Waals surface area contributed by atoms with Crippen LogP contribution in [0.4, 0.5) is 16.2 Å². The van der Waals surface area contributed by atoms with Gasteiger partial charge in [-0.1, -0.05) is 13.0 Å². The molecule has 6 nitrogen and oxygen atoms in total. The maximum atomic E-state index is 11.4. The van der Waals surface area contributed by atoms with E-state index in [2.05, 4.69) is 10.6 Å². The van der Waals surface area contributed by atoms with E-state index in [9.17, 15) is 14.9 Å². The standard InChI is InChI=1S/C11H15N3O3/c1-3-6-12-11(15)13-9-5-4-8(2)7-10(9)14(16)17/h4-5,7H,3,6H2,1-2H3,(H2,12,13,15). The van der Waals surface area contributed by atoms with Gasteiger partial charge in [-0.25, -0.2) is 4.79 Å². The number of nitro groups is 1. The van der Waals surface area contributed by atoms with E-state index in [-0.39, 0.29) is 11.4 Å². The zero-order chi connectivity index (χ0) is 12.8. The van der Waals surface area contributed by atoms with E-state index >= 15 is 0 Å². The Kier molecular flexibility index (Phi) is 4.45. The van der Waals surface area contributed by atoms with Gasteiger partial charge in [-0.15, -0.1) is 0 Å². The topological polar surface area (TPSA) is 84.3 Å². The van der Waals surface area contributed by atoms with Crippen LogP contribution in [-0.2, 0) is 0 Å². The van der Waals surface area contributed by atoms with Crippen molar-refractivity contribution in [3.05, 3.63) is 33.9 Å². The molecule has 0 bridgehead atoms. The summed E-state index contributed by atoms with van der Waals surface area (Å²) in [5.41, 5.74) is 0.877. The van der Waals surface area contributed by atoms with Crippen LogP contribution in [0.1, 0.15) is 18.9 Å². The zero-order valence-electron chi connectivity index (χ0n) is 9.82. The number of rotatable bonds is 4. The lowest BCUT2D eigenvalue weighted by Gasteiger charge is -2.07. The predicted octanol–water partition coefficient (Wildman–Crippen LogP) is 2.43. The largest absolute Gasteiger partial charge is 0.338 e. The number of hydrogen-bond donors (Lipinski definition) is 2. The molecule has 0 heterocycles. The van der Waals surface area contributed by atoms with Crippen LogP contribution in [0.25, 0.3) is 0 Å². The summed E-state index contributed by atoms with van der Waals surface area (Å²) in [6.45, 7) is 4.22. The fourth-order valence-corrected chi connectivity index (χ4v) is 1.30. The molecular formula is C11H15N3O3. The van der Waals surface area contributed by atoms with Crippen molar-refractivity contribution in [2.45, 2.75) is 20.3 Å². The van der Waals surface area contributed by atoms with E-state index < -0.39 is 11.0 Å². The number of nitrogens with one attached hydrogen (secondary N) is 2. The third-order valence-corrected chi connectivity index (χ3v) is 2.13. The zero-order valence-corrected chi connectivity index (χ0v) is 9.82. The Morgan fingerprint density at radius 1 is 1.47 bits per heavy atom. The molecule has 2 amide bonds. The average Bonchev–Trinajstić information content (AvgIpc) is 2.28. The van der Waals surface area contributed by atoms with Crippen molar-refractivity contribution < 1.29 is 9.72 Å². The number of nitrogens with zero attached hydrogens (tertiary/aromatic N) is 1. The molecule has 0 aliphatic rings. The molecule has 0 spiro atoms. The Bertz CT molecular complexity index is 432. The summed E-state index contributed by atoms with van der Waals surface area (Å²) < 4.78 is 0. The first-order valence-corrected chi connectivity index (χ1v) is 5.34. The van der Waals surface area contributed by atoms with Crippen molar-refractivity contribution in [3.63, 3.8) is 0 Å². The van der Waals surface area contributed by atoms with Gasteiger partial charge in [-0.05, 0) is 25.0 Å². The van der Waals surface area contributed by atoms with Crippen LogP contribution in [0.15, 0.2) is 18.2 Å². The normalized spacial score (nSPS) is 9.76. The van der Waals surface area contributed by atoms with Crippen LogP contribution in [0.3, 0.4) is 0 Å². The molecule has 92 valence electrons. The van der Waals surface area contributed by atoms with Gasteiger partial charge in [0.05, 0.1) is 4.92 Å². The van der Waals surface area contributed by atoms with Crippen molar-refractivity contribution in [1.82, 2.24) is 5.32 Å². The molecule has 1 aromatic rings. The van der Waals surface area contributed by atoms with E-state index in [1.807, 2.05) is 6.92 Å². The molecule has 0 saturated heterocycles. The summed E-state index contributed by atoms with van der Waals surface area (Å²) in [5.74, 6) is 0. The fourth-order valence-electron chi connectivity index (χ4n) is 1.30. The Balaban J connectivity index is 2.83. The molecule has 17 heavy (non-hydrogen) atoms. The lowest BCUT2D eigenvalue weighted by Crippen LogP contribution is -2.29. The minimum absolute atomic E-state index is 0.100. The molecule has 0 radical (unpaired) electrons. The van der Waals surface area contributed by atoms with Gasteiger partial charge in [0.1, 0.15) is 5.69 Å². The quantitative estimate of drug-likeness (QED) is 0.623. The van der Waals surface area contributed by atoms with Crippen LogP contribution >= 0.6 is 0 Å². The summed E-state index contributed by atoms with van der Waals surface area (Å²) in [5, 5.41) is 15.9. The Morgan fingerprint density at radius 2 is 2.18 bits per heavy atom. The van der Waals surface area contributed by atoms with Crippen molar-refractivity contribution in [2.24, 2.45) is 0 Å². The summed E-state index contributed by atoms with van der Waals surface area (Å²) in [4.78, 5) is 21.7. The van der Waals surface area contributed by atoms with Gasteiger partial charge in [-0.3, -0.25) is 10.1 Å². The van der Waals surface area contributed by atoms with Crippen molar-refractivity contribution >= 4 is 17.4 Å². The van der Waals surface area contributed by atoms with Crippen LogP contribution in [0.2, 0.25) is 0 Å². The smallest absolute Gasteiger partial charge is 0.319 e. The third kappa shape index (κ3) is 3.75. The van der Waals surface area contributed by atoms with E-state index in [1.165, 1.54) is 12.1 Å². The number of benzene rings is 1. The lowest BCUT2D eigenvalue weighted by atomic mass is 10.2. The van der Waals surface area contributed by atoms with Gasteiger partial charge in [-0.2, -0.15) is 0 Å². The van der Waals surface area contributed by atoms with E-state index in [0.29, 0.717) is 6.54 Å². The predicted molar refractivity (Wildman–Crippen MR) is 65.1 cm³/mol. The number of amides is 2. The Labute approximate surface area is 99.2 Å². The monoisotopic (exact) mass is 237 g/mol. The molecule has 0 aliphatic carbocycles. The maximum Gasteiger partial charge on any atom is 0.319 e. The molecule has 0 saturated carbocycles. The van der Waals surface area contributed by atoms with Crippen molar-refractivity contribution in [2.75, 3.05) is 11.9 Å². The summed E-state index contributed by atoms with van der Waals surface area (Å²) >= 11 is 0. The molecule has 0 aromatic heterocycles. The van der Waals surface area contributed by atoms with Gasteiger partial charge >= 0.3 is 6.03 Å². The minimum atomic E-state index is -0.511. The highest BCUT2D eigenvalue weighted by molar-refractivity contribution is 5.91. The summed E-state index contributed by atoms with van der Waals surface area (Å²) in [6.07, 6.45) is 0.809. The fraction of sp³-hybridized carbons (Fsp3) is 0.364. The molecule has 0 atom stereocenters. The Hall–Kier alpha value is -2.11. The van der Waals surface area contributed by atoms with Crippen LogP contribution < -0.4 is 10.6 Å². The third-order valence-electron chi connectivity index (χ3n) is 2.13. The average molecular weight is 237 g/mol.